The number of rotatable bonds is 4. The molecule has 7 nitrogen and oxygen atoms in total. The molecule has 0 saturated heterocycles. The fraction of sp³-hybridized carbons (Fsp3) is 0.455. The molecular formula is C11H14N4O3. The molecule has 0 aromatic carbocycles. The van der Waals surface area contributed by atoms with E-state index in [0.29, 0.717) is 0 Å². The van der Waals surface area contributed by atoms with E-state index in [0.717, 1.165) is 12.8 Å². The molecule has 2 N–H and O–H groups in total. The molecule has 96 valence electrons. The van der Waals surface area contributed by atoms with E-state index in [1.807, 2.05) is 0 Å². The average molecular weight is 250 g/mol. The lowest BCUT2D eigenvalue weighted by atomic mass is 10.3. The number of hydrogen-bond donors (Lipinski definition) is 2. The molecule has 0 radical (unpaired) electrons. The molecule has 1 aromatic rings. The third-order valence-corrected chi connectivity index (χ3v) is 2.57. The molecule has 0 bridgehead atoms. The van der Waals surface area contributed by atoms with Crippen molar-refractivity contribution in [2.45, 2.75) is 18.9 Å². The molecule has 0 unspecified atom stereocenters. The predicted octanol–water partition coefficient (Wildman–Crippen LogP) is -0.879. The van der Waals surface area contributed by atoms with Crippen LogP contribution < -0.4 is 10.9 Å². The SMILES string of the molecule is CN(CC(=O)NC1CC1)C(=O)c1ccc(=O)[nH]n1. The Hall–Kier alpha value is -2.18. The first-order valence-corrected chi connectivity index (χ1v) is 5.67. The fourth-order valence-corrected chi connectivity index (χ4v) is 1.45. The molecule has 0 aliphatic heterocycles. The molecule has 1 aliphatic carbocycles. The van der Waals surface area contributed by atoms with E-state index < -0.39 is 5.91 Å². The van der Waals surface area contributed by atoms with E-state index in [2.05, 4.69) is 15.5 Å². The predicted molar refractivity (Wildman–Crippen MR) is 63.0 cm³/mol. The van der Waals surface area contributed by atoms with Crippen molar-refractivity contribution in [2.75, 3.05) is 13.6 Å². The second-order valence-electron chi connectivity index (χ2n) is 4.31. The van der Waals surface area contributed by atoms with Gasteiger partial charge in [-0.1, -0.05) is 0 Å². The Morgan fingerprint density at radius 2 is 2.22 bits per heavy atom. The van der Waals surface area contributed by atoms with Gasteiger partial charge in [0.15, 0.2) is 0 Å². The van der Waals surface area contributed by atoms with Gasteiger partial charge in [-0.05, 0) is 18.9 Å². The molecule has 1 heterocycles. The van der Waals surface area contributed by atoms with E-state index in [4.69, 9.17) is 0 Å². The number of nitrogens with one attached hydrogen (secondary N) is 2. The second-order valence-corrected chi connectivity index (χ2v) is 4.31. The van der Waals surface area contributed by atoms with Crippen LogP contribution in [0.2, 0.25) is 0 Å². The van der Waals surface area contributed by atoms with Crippen molar-refractivity contribution in [2.24, 2.45) is 0 Å². The molecule has 2 amide bonds. The monoisotopic (exact) mass is 250 g/mol. The molecular weight excluding hydrogens is 236 g/mol. The van der Waals surface area contributed by atoms with Crippen molar-refractivity contribution in [1.82, 2.24) is 20.4 Å². The van der Waals surface area contributed by atoms with Crippen LogP contribution in [-0.4, -0.2) is 46.5 Å². The van der Waals surface area contributed by atoms with Gasteiger partial charge in [0.1, 0.15) is 5.69 Å². The average Bonchev–Trinajstić information content (AvgIpc) is 3.12. The van der Waals surface area contributed by atoms with E-state index >= 15 is 0 Å². The van der Waals surface area contributed by atoms with Gasteiger partial charge in [0.05, 0.1) is 6.54 Å². The third-order valence-electron chi connectivity index (χ3n) is 2.57. The van der Waals surface area contributed by atoms with Gasteiger partial charge in [0.25, 0.3) is 11.5 Å². The number of aromatic nitrogens is 2. The van der Waals surface area contributed by atoms with Crippen LogP contribution in [0.1, 0.15) is 23.3 Å². The van der Waals surface area contributed by atoms with Crippen molar-refractivity contribution in [1.29, 1.82) is 0 Å². The van der Waals surface area contributed by atoms with Gasteiger partial charge < -0.3 is 10.2 Å². The minimum absolute atomic E-state index is 0.0177. The lowest BCUT2D eigenvalue weighted by Gasteiger charge is -2.15. The van der Waals surface area contributed by atoms with Crippen LogP contribution in [0, 0.1) is 0 Å². The molecule has 7 heteroatoms. The number of H-pyrrole nitrogens is 1. The normalized spacial score (nSPS) is 14.1. The maximum Gasteiger partial charge on any atom is 0.274 e. The van der Waals surface area contributed by atoms with Crippen molar-refractivity contribution in [3.8, 4) is 0 Å². The van der Waals surface area contributed by atoms with Gasteiger partial charge in [-0.2, -0.15) is 5.10 Å². The van der Waals surface area contributed by atoms with Crippen molar-refractivity contribution in [3.05, 3.63) is 28.2 Å². The van der Waals surface area contributed by atoms with Gasteiger partial charge in [0.2, 0.25) is 5.91 Å². The van der Waals surface area contributed by atoms with Crippen LogP contribution in [0.5, 0.6) is 0 Å². The number of amides is 2. The highest BCUT2D eigenvalue weighted by Gasteiger charge is 2.24. The van der Waals surface area contributed by atoms with Crippen molar-refractivity contribution < 1.29 is 9.59 Å². The highest BCUT2D eigenvalue weighted by atomic mass is 16.2. The Kier molecular flexibility index (Phi) is 3.40. The Morgan fingerprint density at radius 3 is 2.78 bits per heavy atom. The first-order valence-electron chi connectivity index (χ1n) is 5.67. The maximum absolute atomic E-state index is 11.9. The van der Waals surface area contributed by atoms with Crippen LogP contribution in [-0.2, 0) is 4.79 Å². The van der Waals surface area contributed by atoms with Crippen molar-refractivity contribution in [3.63, 3.8) is 0 Å². The summed E-state index contributed by atoms with van der Waals surface area (Å²) in [6, 6.07) is 2.82. The number of carbonyl (C=O) groups is 2. The van der Waals surface area contributed by atoms with Crippen LogP contribution in [0.3, 0.4) is 0 Å². The largest absolute Gasteiger partial charge is 0.352 e. The highest BCUT2D eigenvalue weighted by Crippen LogP contribution is 2.18. The van der Waals surface area contributed by atoms with Crippen LogP contribution in [0.15, 0.2) is 16.9 Å². The second kappa shape index (κ2) is 4.99. The smallest absolute Gasteiger partial charge is 0.274 e. The topological polar surface area (TPSA) is 95.2 Å². The summed E-state index contributed by atoms with van der Waals surface area (Å²) < 4.78 is 0. The summed E-state index contributed by atoms with van der Waals surface area (Å²) in [4.78, 5) is 35.4. The maximum atomic E-state index is 11.9. The van der Waals surface area contributed by atoms with E-state index in [1.165, 1.54) is 24.1 Å². The molecule has 1 fully saturated rings. The first-order chi connectivity index (χ1) is 8.56. The summed E-state index contributed by atoms with van der Waals surface area (Å²) in [5.41, 5.74) is -0.267. The van der Waals surface area contributed by atoms with Crippen LogP contribution >= 0.6 is 0 Å². The van der Waals surface area contributed by atoms with Gasteiger partial charge in [-0.25, -0.2) is 5.10 Å². The summed E-state index contributed by atoms with van der Waals surface area (Å²) >= 11 is 0. The lowest BCUT2D eigenvalue weighted by Crippen LogP contribution is -2.39. The Morgan fingerprint density at radius 1 is 1.50 bits per heavy atom. The summed E-state index contributed by atoms with van der Waals surface area (Å²) in [7, 11) is 1.52. The van der Waals surface area contributed by atoms with Crippen molar-refractivity contribution >= 4 is 11.8 Å². The van der Waals surface area contributed by atoms with E-state index in [9.17, 15) is 14.4 Å². The number of nitrogens with zero attached hydrogens (tertiary/aromatic N) is 2. The number of hydrogen-bond acceptors (Lipinski definition) is 4. The third kappa shape index (κ3) is 3.16. The standard InChI is InChI=1S/C11H14N4O3/c1-15(6-10(17)12-7-2-3-7)11(18)8-4-5-9(16)14-13-8/h4-5,7H,2-3,6H2,1H3,(H,12,17)(H,14,16). The summed E-state index contributed by atoms with van der Waals surface area (Å²) in [6.45, 7) is -0.0177. The first kappa shape index (κ1) is 12.3. The Labute approximate surface area is 103 Å². The quantitative estimate of drug-likeness (QED) is 0.725. The molecule has 0 spiro atoms. The zero-order chi connectivity index (χ0) is 13.1. The lowest BCUT2D eigenvalue weighted by molar-refractivity contribution is -0.121. The zero-order valence-electron chi connectivity index (χ0n) is 9.97. The summed E-state index contributed by atoms with van der Waals surface area (Å²) in [5, 5.41) is 8.59. The molecule has 1 saturated carbocycles. The fourth-order valence-electron chi connectivity index (χ4n) is 1.45. The molecule has 1 aromatic heterocycles. The van der Waals surface area contributed by atoms with Gasteiger partial charge >= 0.3 is 0 Å². The molecule has 1 aliphatic rings. The van der Waals surface area contributed by atoms with Gasteiger partial charge in [-0.15, -0.1) is 0 Å². The molecule has 2 rings (SSSR count). The van der Waals surface area contributed by atoms with Gasteiger partial charge in [0, 0.05) is 19.2 Å². The minimum Gasteiger partial charge on any atom is -0.352 e. The number of likely N-dealkylation sites (N-methyl/N-ethyl adjacent to an activating group) is 1. The summed E-state index contributed by atoms with van der Waals surface area (Å²) in [5.74, 6) is -0.588. The molecule has 18 heavy (non-hydrogen) atoms. The highest BCUT2D eigenvalue weighted by molar-refractivity contribution is 5.94. The van der Waals surface area contributed by atoms with Crippen LogP contribution in [0.25, 0.3) is 0 Å². The zero-order valence-corrected chi connectivity index (χ0v) is 9.97. The van der Waals surface area contributed by atoms with Gasteiger partial charge in [-0.3, -0.25) is 14.4 Å². The van der Waals surface area contributed by atoms with Crippen LogP contribution in [0.4, 0.5) is 0 Å². The Balaban J connectivity index is 1.92. The number of carbonyl (C=O) groups excluding carboxylic acids is 2. The van der Waals surface area contributed by atoms with E-state index in [1.54, 1.807) is 0 Å². The van der Waals surface area contributed by atoms with E-state index in [-0.39, 0.29) is 29.7 Å². The Bertz CT molecular complexity index is 501. The molecule has 0 atom stereocenters. The minimum atomic E-state index is -0.405. The number of aromatic amines is 1. The summed E-state index contributed by atoms with van der Waals surface area (Å²) in [6.07, 6.45) is 2.01.